The Kier molecular flexibility index (Phi) is 2.86. The maximum Gasteiger partial charge on any atom is 0.339 e. The van der Waals surface area contributed by atoms with Crippen molar-refractivity contribution in [1.29, 1.82) is 0 Å². The lowest BCUT2D eigenvalue weighted by Gasteiger charge is -2.02. The van der Waals surface area contributed by atoms with Gasteiger partial charge in [-0.3, -0.25) is 0 Å². The number of hydrogen-bond donors (Lipinski definition) is 2. The zero-order valence-electron chi connectivity index (χ0n) is 6.68. The van der Waals surface area contributed by atoms with Gasteiger partial charge in [-0.15, -0.1) is 0 Å². The van der Waals surface area contributed by atoms with E-state index in [1.807, 2.05) is 0 Å². The Morgan fingerprint density at radius 3 is 2.85 bits per heavy atom. The van der Waals surface area contributed by atoms with Gasteiger partial charge in [0.05, 0.1) is 0 Å². The second kappa shape index (κ2) is 4.10. The molecule has 0 saturated heterocycles. The number of hydrogen-bond acceptors (Lipinski definition) is 4. The summed E-state index contributed by atoms with van der Waals surface area (Å²) in [6, 6.07) is 6.22. The number of hydrazone groups is 1. The van der Waals surface area contributed by atoms with E-state index in [2.05, 4.69) is 5.10 Å². The molecule has 0 unspecified atom stereocenters. The SMILES string of the molecule is NN=COc1ccccc1C(=O)O. The molecule has 1 aromatic rings. The number of rotatable bonds is 3. The van der Waals surface area contributed by atoms with Crippen LogP contribution in [0.3, 0.4) is 0 Å². The quantitative estimate of drug-likeness (QED) is 0.310. The van der Waals surface area contributed by atoms with Crippen LogP contribution in [0.25, 0.3) is 0 Å². The largest absolute Gasteiger partial charge is 0.478 e. The first-order valence-electron chi connectivity index (χ1n) is 3.46. The third kappa shape index (κ3) is 2.19. The Morgan fingerprint density at radius 2 is 2.23 bits per heavy atom. The molecular formula is C8H8N2O3. The van der Waals surface area contributed by atoms with Crippen molar-refractivity contribution in [2.45, 2.75) is 0 Å². The van der Waals surface area contributed by atoms with Crippen LogP contribution in [-0.2, 0) is 0 Å². The van der Waals surface area contributed by atoms with Gasteiger partial charge in [-0.05, 0) is 12.1 Å². The number of para-hydroxylation sites is 1. The van der Waals surface area contributed by atoms with Crippen LogP contribution in [0.5, 0.6) is 5.75 Å². The van der Waals surface area contributed by atoms with E-state index in [-0.39, 0.29) is 11.3 Å². The molecule has 0 radical (unpaired) electrons. The highest BCUT2D eigenvalue weighted by molar-refractivity contribution is 5.91. The van der Waals surface area contributed by atoms with Crippen LogP contribution in [-0.4, -0.2) is 17.5 Å². The number of nitrogens with two attached hydrogens (primary N) is 1. The topological polar surface area (TPSA) is 84.9 Å². The second-order valence-electron chi connectivity index (χ2n) is 2.17. The van der Waals surface area contributed by atoms with Crippen molar-refractivity contribution in [3.63, 3.8) is 0 Å². The van der Waals surface area contributed by atoms with E-state index in [1.165, 1.54) is 12.1 Å². The molecule has 0 fully saturated rings. The second-order valence-corrected chi connectivity index (χ2v) is 2.17. The summed E-state index contributed by atoms with van der Waals surface area (Å²) in [7, 11) is 0. The normalized spacial score (nSPS) is 10.2. The number of carboxylic acid groups (broad SMARTS) is 1. The summed E-state index contributed by atoms with van der Waals surface area (Å²) < 4.78 is 4.85. The van der Waals surface area contributed by atoms with Crippen LogP contribution in [0, 0.1) is 0 Å². The Hall–Kier alpha value is -2.04. The van der Waals surface area contributed by atoms with Crippen LogP contribution in [0.15, 0.2) is 29.4 Å². The van der Waals surface area contributed by atoms with Gasteiger partial charge in [0.15, 0.2) is 6.40 Å². The van der Waals surface area contributed by atoms with E-state index < -0.39 is 5.97 Å². The summed E-state index contributed by atoms with van der Waals surface area (Å²) >= 11 is 0. The van der Waals surface area contributed by atoms with Gasteiger partial charge in [0.25, 0.3) is 0 Å². The molecule has 0 atom stereocenters. The van der Waals surface area contributed by atoms with E-state index in [4.69, 9.17) is 15.7 Å². The predicted octanol–water partition coefficient (Wildman–Crippen LogP) is 0.666. The summed E-state index contributed by atoms with van der Waals surface area (Å²) in [4.78, 5) is 10.6. The molecule has 0 heterocycles. The van der Waals surface area contributed by atoms with Crippen LogP contribution in [0.1, 0.15) is 10.4 Å². The number of aromatic carboxylic acids is 1. The first kappa shape index (κ1) is 9.05. The number of carboxylic acids is 1. The molecule has 0 amide bonds. The third-order valence-corrected chi connectivity index (χ3v) is 1.36. The smallest absolute Gasteiger partial charge is 0.339 e. The molecule has 1 aromatic carbocycles. The van der Waals surface area contributed by atoms with Crippen molar-refractivity contribution in [2.24, 2.45) is 10.9 Å². The lowest BCUT2D eigenvalue weighted by Crippen LogP contribution is -2.02. The Balaban J connectivity index is 2.97. The number of carbonyl (C=O) groups is 1. The van der Waals surface area contributed by atoms with E-state index in [0.29, 0.717) is 0 Å². The third-order valence-electron chi connectivity index (χ3n) is 1.36. The molecule has 0 aliphatic rings. The fraction of sp³-hybridized carbons (Fsp3) is 0. The van der Waals surface area contributed by atoms with Gasteiger partial charge < -0.3 is 15.7 Å². The fourth-order valence-electron chi connectivity index (χ4n) is 0.833. The van der Waals surface area contributed by atoms with Gasteiger partial charge in [-0.1, -0.05) is 12.1 Å². The van der Waals surface area contributed by atoms with Gasteiger partial charge in [0.2, 0.25) is 0 Å². The first-order valence-corrected chi connectivity index (χ1v) is 3.46. The van der Waals surface area contributed by atoms with Gasteiger partial charge in [-0.2, -0.15) is 5.10 Å². The summed E-state index contributed by atoms with van der Waals surface area (Å²) in [5, 5.41) is 11.8. The zero-order valence-corrected chi connectivity index (χ0v) is 6.68. The molecule has 3 N–H and O–H groups in total. The number of nitrogens with zero attached hydrogens (tertiary/aromatic N) is 1. The highest BCUT2D eigenvalue weighted by Gasteiger charge is 2.08. The zero-order chi connectivity index (χ0) is 9.68. The van der Waals surface area contributed by atoms with Gasteiger partial charge in [-0.25, -0.2) is 4.79 Å². The minimum Gasteiger partial charge on any atom is -0.478 e. The van der Waals surface area contributed by atoms with Crippen molar-refractivity contribution >= 4 is 12.4 Å². The summed E-state index contributed by atoms with van der Waals surface area (Å²) in [6.07, 6.45) is 0.974. The molecule has 0 bridgehead atoms. The maximum atomic E-state index is 10.6. The molecule has 0 aliphatic heterocycles. The minimum absolute atomic E-state index is 0.0717. The van der Waals surface area contributed by atoms with Crippen LogP contribution in [0.2, 0.25) is 0 Å². The average molecular weight is 180 g/mol. The summed E-state index contributed by atoms with van der Waals surface area (Å²) in [6.45, 7) is 0. The van der Waals surface area contributed by atoms with Crippen LogP contribution < -0.4 is 10.6 Å². The Morgan fingerprint density at radius 1 is 1.54 bits per heavy atom. The van der Waals surface area contributed by atoms with Gasteiger partial charge >= 0.3 is 5.97 Å². The standard InChI is InChI=1S/C8H8N2O3/c9-10-5-13-7-4-2-1-3-6(7)8(11)12/h1-5H,9H2,(H,11,12). The Labute approximate surface area is 74.4 Å². The predicted molar refractivity (Wildman–Crippen MR) is 46.7 cm³/mol. The van der Waals surface area contributed by atoms with Gasteiger partial charge in [0, 0.05) is 0 Å². The van der Waals surface area contributed by atoms with E-state index in [9.17, 15) is 4.79 Å². The first-order chi connectivity index (χ1) is 6.25. The number of ether oxygens (including phenoxy) is 1. The van der Waals surface area contributed by atoms with Crippen LogP contribution >= 0.6 is 0 Å². The molecule has 0 aliphatic carbocycles. The van der Waals surface area contributed by atoms with E-state index >= 15 is 0 Å². The fourth-order valence-corrected chi connectivity index (χ4v) is 0.833. The van der Waals surface area contributed by atoms with Crippen molar-refractivity contribution in [3.8, 4) is 5.75 Å². The average Bonchev–Trinajstić information content (AvgIpc) is 2.15. The molecule has 1 rings (SSSR count). The molecule has 0 spiro atoms. The lowest BCUT2D eigenvalue weighted by molar-refractivity contribution is 0.0695. The lowest BCUT2D eigenvalue weighted by atomic mass is 10.2. The molecule has 68 valence electrons. The maximum absolute atomic E-state index is 10.6. The number of benzene rings is 1. The van der Waals surface area contributed by atoms with Crippen LogP contribution in [0.4, 0.5) is 0 Å². The molecule has 5 nitrogen and oxygen atoms in total. The highest BCUT2D eigenvalue weighted by atomic mass is 16.5. The summed E-state index contributed by atoms with van der Waals surface area (Å²) in [5.41, 5.74) is 0.0717. The molecular weight excluding hydrogens is 172 g/mol. The molecule has 5 heteroatoms. The van der Waals surface area contributed by atoms with Crippen molar-refractivity contribution < 1.29 is 14.6 Å². The van der Waals surface area contributed by atoms with Gasteiger partial charge in [0.1, 0.15) is 11.3 Å². The monoisotopic (exact) mass is 180 g/mol. The molecule has 13 heavy (non-hydrogen) atoms. The summed E-state index contributed by atoms with van der Waals surface area (Å²) in [5.74, 6) is 3.96. The van der Waals surface area contributed by atoms with E-state index in [0.717, 1.165) is 6.40 Å². The van der Waals surface area contributed by atoms with Crippen molar-refractivity contribution in [1.82, 2.24) is 0 Å². The molecule has 0 aromatic heterocycles. The van der Waals surface area contributed by atoms with Crippen molar-refractivity contribution in [2.75, 3.05) is 0 Å². The highest BCUT2D eigenvalue weighted by Crippen LogP contribution is 2.16. The van der Waals surface area contributed by atoms with E-state index in [1.54, 1.807) is 12.1 Å². The minimum atomic E-state index is -1.05. The van der Waals surface area contributed by atoms with Crippen molar-refractivity contribution in [3.05, 3.63) is 29.8 Å². The molecule has 0 saturated carbocycles. The Bertz CT molecular complexity index is 336.